The summed E-state index contributed by atoms with van der Waals surface area (Å²) in [6, 6.07) is 7.46. The molecule has 0 atom stereocenters. The van der Waals surface area contributed by atoms with Crippen LogP contribution in [-0.4, -0.2) is 48.2 Å². The predicted octanol–water partition coefficient (Wildman–Crippen LogP) is 3.17. The number of para-hydroxylation sites is 1. The Balaban J connectivity index is 2.10. The second-order valence-electron chi connectivity index (χ2n) is 5.57. The largest absolute Gasteiger partial charge is 0.496 e. The predicted molar refractivity (Wildman–Crippen MR) is 101 cm³/mol. The Morgan fingerprint density at radius 1 is 1.08 bits per heavy atom. The molecule has 1 saturated heterocycles. The maximum Gasteiger partial charge on any atom is 0.250 e. The molecule has 1 aliphatic heterocycles. The molecule has 2 aromatic rings. The molecule has 25 heavy (non-hydrogen) atoms. The first kappa shape index (κ1) is 18.5. The second kappa shape index (κ2) is 7.91. The Morgan fingerprint density at radius 3 is 2.64 bits per heavy atom. The van der Waals surface area contributed by atoms with Crippen molar-refractivity contribution in [3.8, 4) is 17.1 Å². The van der Waals surface area contributed by atoms with Gasteiger partial charge in [-0.15, -0.1) is 0 Å². The van der Waals surface area contributed by atoms with Crippen molar-refractivity contribution in [1.29, 1.82) is 0 Å². The third kappa shape index (κ3) is 4.44. The number of nitrogens with zero attached hydrogens (tertiary/aromatic N) is 4. The minimum atomic E-state index is -1.74. The molecule has 1 N–H and O–H groups in total. The van der Waals surface area contributed by atoms with Gasteiger partial charge in [-0.05, 0) is 25.1 Å². The molecule has 0 radical (unpaired) electrons. The van der Waals surface area contributed by atoms with Gasteiger partial charge < -0.3 is 15.0 Å². The van der Waals surface area contributed by atoms with E-state index < -0.39 is 3.79 Å². The van der Waals surface area contributed by atoms with E-state index >= 15 is 0 Å². The molecule has 0 saturated carbocycles. The van der Waals surface area contributed by atoms with Crippen LogP contribution in [0.15, 0.2) is 24.3 Å². The third-order valence-corrected chi connectivity index (χ3v) is 4.36. The molecule has 9 heteroatoms. The number of anilines is 1. The van der Waals surface area contributed by atoms with E-state index in [9.17, 15) is 0 Å². The lowest BCUT2D eigenvalue weighted by Crippen LogP contribution is -2.30. The number of alkyl halides is 3. The molecule has 1 aromatic carbocycles. The van der Waals surface area contributed by atoms with E-state index in [1.165, 1.54) is 0 Å². The number of ether oxygens (including phenoxy) is 1. The highest BCUT2D eigenvalue weighted by Crippen LogP contribution is 2.38. The molecule has 0 bridgehead atoms. The number of benzene rings is 1. The van der Waals surface area contributed by atoms with Crippen molar-refractivity contribution in [3.05, 3.63) is 30.1 Å². The zero-order chi connectivity index (χ0) is 17.9. The molecule has 1 fully saturated rings. The number of methoxy groups -OCH3 is 1. The number of rotatable bonds is 3. The van der Waals surface area contributed by atoms with Gasteiger partial charge in [0.05, 0.1) is 12.7 Å². The van der Waals surface area contributed by atoms with Crippen molar-refractivity contribution >= 4 is 40.8 Å². The van der Waals surface area contributed by atoms with Crippen LogP contribution in [0.3, 0.4) is 0 Å². The van der Waals surface area contributed by atoms with E-state index in [0.29, 0.717) is 17.5 Å². The van der Waals surface area contributed by atoms with Gasteiger partial charge in [0.1, 0.15) is 5.75 Å². The van der Waals surface area contributed by atoms with Crippen LogP contribution in [0, 0.1) is 0 Å². The molecular weight excluding hydrogens is 385 g/mol. The van der Waals surface area contributed by atoms with Crippen molar-refractivity contribution in [2.45, 2.75) is 10.2 Å². The lowest BCUT2D eigenvalue weighted by atomic mass is 10.2. The zero-order valence-corrected chi connectivity index (χ0v) is 15.9. The first-order chi connectivity index (χ1) is 12.0. The number of hydrogen-bond acceptors (Lipinski definition) is 6. The Hall–Kier alpha value is -1.34. The molecular formula is C16H18Cl3N5O. The van der Waals surface area contributed by atoms with Gasteiger partial charge in [0.15, 0.2) is 11.6 Å². The van der Waals surface area contributed by atoms with Crippen LogP contribution in [-0.2, 0) is 3.79 Å². The maximum absolute atomic E-state index is 6.05. The lowest BCUT2D eigenvalue weighted by Gasteiger charge is -2.22. The monoisotopic (exact) mass is 401 g/mol. The summed E-state index contributed by atoms with van der Waals surface area (Å²) in [4.78, 5) is 15.4. The SMILES string of the molecule is COc1ccccc1-c1nc(N2CCCNCC2)nc(C(Cl)(Cl)Cl)n1. The second-order valence-corrected chi connectivity index (χ2v) is 7.85. The van der Waals surface area contributed by atoms with Crippen LogP contribution in [0.2, 0.25) is 0 Å². The van der Waals surface area contributed by atoms with Gasteiger partial charge >= 0.3 is 0 Å². The molecule has 1 aliphatic rings. The van der Waals surface area contributed by atoms with Crippen LogP contribution in [0.4, 0.5) is 5.95 Å². The highest BCUT2D eigenvalue weighted by Gasteiger charge is 2.30. The molecule has 1 aromatic heterocycles. The van der Waals surface area contributed by atoms with E-state index in [4.69, 9.17) is 39.5 Å². The minimum absolute atomic E-state index is 0.0978. The fraction of sp³-hybridized carbons (Fsp3) is 0.438. The zero-order valence-electron chi connectivity index (χ0n) is 13.7. The van der Waals surface area contributed by atoms with E-state index in [1.54, 1.807) is 7.11 Å². The highest BCUT2D eigenvalue weighted by atomic mass is 35.6. The normalized spacial score (nSPS) is 15.8. The molecule has 2 heterocycles. The molecule has 3 rings (SSSR count). The molecule has 0 spiro atoms. The summed E-state index contributed by atoms with van der Waals surface area (Å²) in [5.74, 6) is 1.66. The Labute approximate surface area is 161 Å². The first-order valence-corrected chi connectivity index (χ1v) is 9.05. The maximum atomic E-state index is 6.05. The van der Waals surface area contributed by atoms with Crippen molar-refractivity contribution in [3.63, 3.8) is 0 Å². The summed E-state index contributed by atoms with van der Waals surface area (Å²) in [5.41, 5.74) is 0.720. The fourth-order valence-electron chi connectivity index (χ4n) is 2.63. The summed E-state index contributed by atoms with van der Waals surface area (Å²) in [5, 5.41) is 3.35. The first-order valence-electron chi connectivity index (χ1n) is 7.91. The minimum Gasteiger partial charge on any atom is -0.496 e. The van der Waals surface area contributed by atoms with Gasteiger partial charge in [-0.1, -0.05) is 46.9 Å². The van der Waals surface area contributed by atoms with Gasteiger partial charge in [0.25, 0.3) is 0 Å². The van der Waals surface area contributed by atoms with Gasteiger partial charge in [-0.3, -0.25) is 0 Å². The van der Waals surface area contributed by atoms with Crippen LogP contribution in [0.1, 0.15) is 12.2 Å². The van der Waals surface area contributed by atoms with Crippen LogP contribution in [0.25, 0.3) is 11.4 Å². The average molecular weight is 403 g/mol. The quantitative estimate of drug-likeness (QED) is 0.796. The van der Waals surface area contributed by atoms with Crippen molar-refractivity contribution < 1.29 is 4.74 Å². The molecule has 134 valence electrons. The molecule has 0 aliphatic carbocycles. The Kier molecular flexibility index (Phi) is 5.84. The molecule has 0 unspecified atom stereocenters. The van der Waals surface area contributed by atoms with Crippen LogP contribution < -0.4 is 15.0 Å². The van der Waals surface area contributed by atoms with Gasteiger partial charge in [0.2, 0.25) is 9.74 Å². The van der Waals surface area contributed by atoms with E-state index in [2.05, 4.69) is 25.2 Å². The lowest BCUT2D eigenvalue weighted by molar-refractivity contribution is 0.416. The number of hydrogen-bond donors (Lipinski definition) is 1. The smallest absolute Gasteiger partial charge is 0.250 e. The third-order valence-electron chi connectivity index (χ3n) is 3.85. The Morgan fingerprint density at radius 2 is 1.88 bits per heavy atom. The topological polar surface area (TPSA) is 63.2 Å². The van der Waals surface area contributed by atoms with Crippen molar-refractivity contribution in [2.75, 3.05) is 38.2 Å². The summed E-state index contributed by atoms with van der Waals surface area (Å²) in [7, 11) is 1.59. The van der Waals surface area contributed by atoms with Crippen LogP contribution in [0.5, 0.6) is 5.75 Å². The van der Waals surface area contributed by atoms with Crippen LogP contribution >= 0.6 is 34.8 Å². The molecule has 0 amide bonds. The highest BCUT2D eigenvalue weighted by molar-refractivity contribution is 6.66. The standard InChI is InChI=1S/C16H18Cl3N5O/c1-25-12-6-3-2-5-11(12)13-21-14(16(17,18)19)23-15(22-13)24-9-4-7-20-8-10-24/h2-3,5-6,20H,4,7-10H2,1H3. The van der Waals surface area contributed by atoms with Gasteiger partial charge in [0, 0.05) is 19.6 Å². The van der Waals surface area contributed by atoms with Crippen molar-refractivity contribution in [2.24, 2.45) is 0 Å². The van der Waals surface area contributed by atoms with E-state index in [-0.39, 0.29) is 5.82 Å². The summed E-state index contributed by atoms with van der Waals surface area (Å²) in [6.45, 7) is 3.40. The summed E-state index contributed by atoms with van der Waals surface area (Å²) >= 11 is 18.2. The van der Waals surface area contributed by atoms with E-state index in [0.717, 1.165) is 38.2 Å². The average Bonchev–Trinajstić information content (AvgIpc) is 2.90. The number of nitrogens with one attached hydrogen (secondary N) is 1. The fourth-order valence-corrected chi connectivity index (χ4v) is 2.88. The Bertz CT molecular complexity index is 730. The van der Waals surface area contributed by atoms with Crippen molar-refractivity contribution in [1.82, 2.24) is 20.3 Å². The molecule has 6 nitrogen and oxygen atoms in total. The van der Waals surface area contributed by atoms with Gasteiger partial charge in [-0.25, -0.2) is 4.98 Å². The van der Waals surface area contributed by atoms with E-state index in [1.807, 2.05) is 24.3 Å². The van der Waals surface area contributed by atoms with Gasteiger partial charge in [-0.2, -0.15) is 9.97 Å². The summed E-state index contributed by atoms with van der Waals surface area (Å²) < 4.78 is 3.67. The summed E-state index contributed by atoms with van der Waals surface area (Å²) in [6.07, 6.45) is 0.985. The number of halogens is 3. The number of aromatic nitrogens is 3.